The number of ether oxygens (including phenoxy) is 1. The van der Waals surface area contributed by atoms with Gasteiger partial charge in [-0.15, -0.1) is 0 Å². The second-order valence-corrected chi connectivity index (χ2v) is 6.23. The second kappa shape index (κ2) is 10.4. The van der Waals surface area contributed by atoms with Gasteiger partial charge in [-0.1, -0.05) is 48.5 Å². The van der Waals surface area contributed by atoms with Crippen molar-refractivity contribution in [2.75, 3.05) is 11.9 Å². The van der Waals surface area contributed by atoms with E-state index in [-0.39, 0.29) is 24.8 Å². The van der Waals surface area contributed by atoms with Crippen molar-refractivity contribution in [3.05, 3.63) is 96.1 Å². The summed E-state index contributed by atoms with van der Waals surface area (Å²) in [6, 6.07) is 25.7. The molecule has 6 heteroatoms. The van der Waals surface area contributed by atoms with Gasteiger partial charge in [0.15, 0.2) is 6.61 Å². The first-order valence-electron chi connectivity index (χ1n) is 9.12. The van der Waals surface area contributed by atoms with Crippen molar-refractivity contribution in [1.82, 2.24) is 5.43 Å². The Bertz CT molecular complexity index is 956. The lowest BCUT2D eigenvalue weighted by atomic mass is 10.1. The number of carbonyl (C=O) groups excluding carboxylic acids is 2. The number of hydrogen-bond donors (Lipinski definition) is 2. The van der Waals surface area contributed by atoms with E-state index in [0.717, 1.165) is 16.8 Å². The molecular weight excluding hydrogens is 366 g/mol. The molecule has 0 saturated heterocycles. The maximum Gasteiger partial charge on any atom is 0.262 e. The molecule has 3 aromatic rings. The molecule has 0 atom stereocenters. The number of anilines is 1. The highest BCUT2D eigenvalue weighted by Gasteiger charge is 2.04. The van der Waals surface area contributed by atoms with E-state index >= 15 is 0 Å². The van der Waals surface area contributed by atoms with Crippen LogP contribution in [-0.4, -0.2) is 24.6 Å². The highest BCUT2D eigenvalue weighted by molar-refractivity contribution is 5.91. The number of benzene rings is 3. The van der Waals surface area contributed by atoms with Crippen LogP contribution in [0.25, 0.3) is 0 Å². The quantitative estimate of drug-likeness (QED) is 0.459. The van der Waals surface area contributed by atoms with Gasteiger partial charge in [0.2, 0.25) is 5.91 Å². The van der Waals surface area contributed by atoms with Crippen molar-refractivity contribution in [3.63, 3.8) is 0 Å². The summed E-state index contributed by atoms with van der Waals surface area (Å²) in [4.78, 5) is 23.7. The topological polar surface area (TPSA) is 79.8 Å². The number of hydrogen-bond acceptors (Lipinski definition) is 4. The summed E-state index contributed by atoms with van der Waals surface area (Å²) in [6.45, 7) is -0.0854. The molecule has 0 fully saturated rings. The predicted octanol–water partition coefficient (Wildman–Crippen LogP) is 3.40. The Morgan fingerprint density at radius 2 is 1.48 bits per heavy atom. The van der Waals surface area contributed by atoms with E-state index in [0.29, 0.717) is 5.75 Å². The highest BCUT2D eigenvalue weighted by Crippen LogP contribution is 2.11. The van der Waals surface area contributed by atoms with E-state index in [9.17, 15) is 9.59 Å². The summed E-state index contributed by atoms with van der Waals surface area (Å²) in [5, 5.41) is 6.71. The monoisotopic (exact) mass is 387 g/mol. The van der Waals surface area contributed by atoms with E-state index in [1.807, 2.05) is 60.7 Å². The second-order valence-electron chi connectivity index (χ2n) is 6.23. The van der Waals surface area contributed by atoms with Gasteiger partial charge in [0.25, 0.3) is 5.91 Å². The van der Waals surface area contributed by atoms with E-state index in [1.165, 1.54) is 0 Å². The molecular formula is C23H21N3O3. The van der Waals surface area contributed by atoms with Gasteiger partial charge < -0.3 is 10.1 Å². The maximum atomic E-state index is 11.9. The zero-order valence-electron chi connectivity index (χ0n) is 15.7. The van der Waals surface area contributed by atoms with Gasteiger partial charge in [0.05, 0.1) is 12.6 Å². The highest BCUT2D eigenvalue weighted by atomic mass is 16.5. The molecule has 0 bridgehead atoms. The van der Waals surface area contributed by atoms with Crippen molar-refractivity contribution in [1.29, 1.82) is 0 Å². The molecule has 0 aliphatic heterocycles. The third kappa shape index (κ3) is 6.95. The molecule has 0 unspecified atom stereocenters. The number of carbonyl (C=O) groups is 2. The molecule has 0 spiro atoms. The van der Waals surface area contributed by atoms with Crippen LogP contribution in [0.3, 0.4) is 0 Å². The van der Waals surface area contributed by atoms with Crippen LogP contribution in [0.1, 0.15) is 11.1 Å². The first kappa shape index (κ1) is 19.8. The van der Waals surface area contributed by atoms with Crippen molar-refractivity contribution >= 4 is 23.7 Å². The Morgan fingerprint density at radius 1 is 0.828 bits per heavy atom. The number of rotatable bonds is 8. The molecule has 3 aromatic carbocycles. The lowest BCUT2D eigenvalue weighted by Gasteiger charge is -2.07. The molecule has 3 rings (SSSR count). The van der Waals surface area contributed by atoms with Gasteiger partial charge in [-0.05, 0) is 47.5 Å². The fourth-order valence-corrected chi connectivity index (χ4v) is 2.52. The Morgan fingerprint density at radius 3 is 2.17 bits per heavy atom. The third-order valence-corrected chi connectivity index (χ3v) is 3.92. The normalized spacial score (nSPS) is 10.5. The van der Waals surface area contributed by atoms with Crippen LogP contribution >= 0.6 is 0 Å². The van der Waals surface area contributed by atoms with Crippen LogP contribution in [0.2, 0.25) is 0 Å². The number of para-hydroxylation sites is 1. The molecule has 0 heterocycles. The molecule has 6 nitrogen and oxygen atoms in total. The smallest absolute Gasteiger partial charge is 0.262 e. The van der Waals surface area contributed by atoms with Crippen LogP contribution in [0, 0.1) is 0 Å². The minimum atomic E-state index is -0.233. The first-order chi connectivity index (χ1) is 14.2. The maximum absolute atomic E-state index is 11.9. The zero-order valence-corrected chi connectivity index (χ0v) is 15.7. The molecule has 2 amide bonds. The number of nitrogens with one attached hydrogen (secondary N) is 2. The van der Waals surface area contributed by atoms with Gasteiger partial charge >= 0.3 is 0 Å². The lowest BCUT2D eigenvalue weighted by molar-refractivity contribution is -0.120. The summed E-state index contributed by atoms with van der Waals surface area (Å²) >= 11 is 0. The summed E-state index contributed by atoms with van der Waals surface area (Å²) in [7, 11) is 0. The average molecular weight is 387 g/mol. The average Bonchev–Trinajstić information content (AvgIpc) is 2.75. The number of amides is 2. The Labute approximate surface area is 169 Å². The van der Waals surface area contributed by atoms with Crippen LogP contribution < -0.4 is 15.5 Å². The van der Waals surface area contributed by atoms with Crippen LogP contribution in [-0.2, 0) is 16.0 Å². The van der Waals surface area contributed by atoms with Crippen molar-refractivity contribution in [2.45, 2.75) is 6.42 Å². The first-order valence-corrected chi connectivity index (χ1v) is 9.12. The molecule has 0 aliphatic carbocycles. The van der Waals surface area contributed by atoms with Crippen molar-refractivity contribution in [3.8, 4) is 5.75 Å². The minimum Gasteiger partial charge on any atom is -0.484 e. The standard InChI is InChI=1S/C23H21N3O3/c27-22(15-18-7-3-1-4-8-18)26-24-16-19-11-13-21(14-12-19)29-17-23(28)25-20-9-5-2-6-10-20/h1-14,16H,15,17H2,(H,25,28)(H,26,27)/b24-16-. The summed E-state index contributed by atoms with van der Waals surface area (Å²) in [5.74, 6) is 0.151. The zero-order chi connectivity index (χ0) is 20.3. The molecule has 0 saturated carbocycles. The van der Waals surface area contributed by atoms with Gasteiger partial charge in [0.1, 0.15) is 5.75 Å². The predicted molar refractivity (Wildman–Crippen MR) is 113 cm³/mol. The lowest BCUT2D eigenvalue weighted by Crippen LogP contribution is -2.20. The fraction of sp³-hybridized carbons (Fsp3) is 0.0870. The fourth-order valence-electron chi connectivity index (χ4n) is 2.52. The van der Waals surface area contributed by atoms with Crippen LogP contribution in [0.15, 0.2) is 90.0 Å². The van der Waals surface area contributed by atoms with E-state index in [2.05, 4.69) is 15.8 Å². The van der Waals surface area contributed by atoms with Crippen molar-refractivity contribution in [2.24, 2.45) is 5.10 Å². The third-order valence-electron chi connectivity index (χ3n) is 3.92. The molecule has 146 valence electrons. The molecule has 0 aromatic heterocycles. The van der Waals surface area contributed by atoms with Gasteiger partial charge in [-0.2, -0.15) is 5.10 Å². The number of hydrazone groups is 1. The largest absolute Gasteiger partial charge is 0.484 e. The van der Waals surface area contributed by atoms with Gasteiger partial charge in [-0.25, -0.2) is 5.43 Å². The number of nitrogens with zero attached hydrogens (tertiary/aromatic N) is 1. The summed E-state index contributed by atoms with van der Waals surface area (Å²) in [6.07, 6.45) is 1.82. The molecule has 29 heavy (non-hydrogen) atoms. The molecule has 2 N–H and O–H groups in total. The molecule has 0 radical (unpaired) electrons. The SMILES string of the molecule is O=C(Cc1ccccc1)N/N=C\c1ccc(OCC(=O)Nc2ccccc2)cc1. The van der Waals surface area contributed by atoms with Gasteiger partial charge in [0, 0.05) is 5.69 Å². The van der Waals surface area contributed by atoms with E-state index in [1.54, 1.807) is 30.5 Å². The van der Waals surface area contributed by atoms with Crippen LogP contribution in [0.5, 0.6) is 5.75 Å². The Hall–Kier alpha value is -3.93. The Kier molecular flexibility index (Phi) is 7.12. The Balaban J connectivity index is 1.41. The van der Waals surface area contributed by atoms with Gasteiger partial charge in [-0.3, -0.25) is 9.59 Å². The summed E-state index contributed by atoms with van der Waals surface area (Å²) in [5.41, 5.74) is 4.95. The van der Waals surface area contributed by atoms with Crippen LogP contribution in [0.4, 0.5) is 5.69 Å². The molecule has 0 aliphatic rings. The summed E-state index contributed by atoms with van der Waals surface area (Å²) < 4.78 is 5.48. The van der Waals surface area contributed by atoms with E-state index in [4.69, 9.17) is 4.74 Å². The van der Waals surface area contributed by atoms with Crippen molar-refractivity contribution < 1.29 is 14.3 Å². The minimum absolute atomic E-state index is 0.0854. The van der Waals surface area contributed by atoms with E-state index < -0.39 is 0 Å².